The van der Waals surface area contributed by atoms with Crippen molar-refractivity contribution in [2.45, 2.75) is 12.7 Å². The molecule has 0 saturated carbocycles. The minimum Gasteiger partial charge on any atom is -0.440 e. The molecule has 2 rings (SSSR count). The molecule has 0 aliphatic rings. The standard InChI is InChI=1S/C10H12N2O3S/c1-2-16(13,14)6-10-12-8-4-3-7(11)5-9(8)15-10/h3-5H,2,6,11H2,1H3. The Bertz CT molecular complexity index is 616. The number of benzene rings is 1. The molecule has 2 aromatic rings. The molecule has 16 heavy (non-hydrogen) atoms. The largest absolute Gasteiger partial charge is 0.440 e. The number of nitrogens with zero attached hydrogens (tertiary/aromatic N) is 1. The van der Waals surface area contributed by atoms with Gasteiger partial charge in [0.25, 0.3) is 0 Å². The van der Waals surface area contributed by atoms with Gasteiger partial charge in [-0.15, -0.1) is 0 Å². The molecule has 1 heterocycles. The molecule has 1 aromatic carbocycles. The summed E-state index contributed by atoms with van der Waals surface area (Å²) in [5.74, 6) is 0.119. The molecule has 1 aromatic heterocycles. The van der Waals surface area contributed by atoms with Crippen LogP contribution in [0.15, 0.2) is 22.6 Å². The Kier molecular flexibility index (Phi) is 2.59. The maximum Gasteiger partial charge on any atom is 0.210 e. The van der Waals surface area contributed by atoms with Crippen molar-refractivity contribution in [3.8, 4) is 0 Å². The third-order valence-electron chi connectivity index (χ3n) is 2.24. The SMILES string of the molecule is CCS(=O)(=O)Cc1nc2ccc(N)cc2o1. The van der Waals surface area contributed by atoms with Crippen molar-refractivity contribution in [3.05, 3.63) is 24.1 Å². The number of nitrogen functional groups attached to an aromatic ring is 1. The monoisotopic (exact) mass is 240 g/mol. The summed E-state index contributed by atoms with van der Waals surface area (Å²) < 4.78 is 28.1. The van der Waals surface area contributed by atoms with Gasteiger partial charge in [0.2, 0.25) is 5.89 Å². The summed E-state index contributed by atoms with van der Waals surface area (Å²) in [6, 6.07) is 5.03. The van der Waals surface area contributed by atoms with Gasteiger partial charge in [-0.3, -0.25) is 0 Å². The molecular weight excluding hydrogens is 228 g/mol. The maximum atomic E-state index is 11.4. The highest BCUT2D eigenvalue weighted by Crippen LogP contribution is 2.19. The minimum absolute atomic E-state index is 0.0772. The Morgan fingerprint density at radius 3 is 2.88 bits per heavy atom. The molecule has 86 valence electrons. The highest BCUT2D eigenvalue weighted by Gasteiger charge is 2.14. The number of fused-ring (bicyclic) bond motifs is 1. The van der Waals surface area contributed by atoms with E-state index in [2.05, 4.69) is 4.98 Å². The van der Waals surface area contributed by atoms with E-state index < -0.39 is 9.84 Å². The van der Waals surface area contributed by atoms with Crippen LogP contribution in [0.25, 0.3) is 11.1 Å². The van der Waals surface area contributed by atoms with Gasteiger partial charge in [-0.25, -0.2) is 13.4 Å². The maximum absolute atomic E-state index is 11.4. The van der Waals surface area contributed by atoms with Crippen molar-refractivity contribution < 1.29 is 12.8 Å². The van der Waals surface area contributed by atoms with Gasteiger partial charge in [0.1, 0.15) is 11.3 Å². The Balaban J connectivity index is 2.40. The van der Waals surface area contributed by atoms with Crippen molar-refractivity contribution >= 4 is 26.6 Å². The van der Waals surface area contributed by atoms with Gasteiger partial charge in [-0.05, 0) is 12.1 Å². The van der Waals surface area contributed by atoms with Crippen molar-refractivity contribution in [3.63, 3.8) is 0 Å². The molecule has 0 radical (unpaired) electrons. The minimum atomic E-state index is -3.12. The lowest BCUT2D eigenvalue weighted by molar-refractivity contribution is 0.540. The number of aromatic nitrogens is 1. The van der Waals surface area contributed by atoms with E-state index in [0.717, 1.165) is 0 Å². The second-order valence-corrected chi connectivity index (χ2v) is 5.86. The number of hydrogen-bond donors (Lipinski definition) is 1. The van der Waals surface area contributed by atoms with Crippen LogP contribution in [0.2, 0.25) is 0 Å². The zero-order valence-electron chi connectivity index (χ0n) is 8.80. The van der Waals surface area contributed by atoms with E-state index in [9.17, 15) is 8.42 Å². The zero-order chi connectivity index (χ0) is 11.8. The van der Waals surface area contributed by atoms with Crippen LogP contribution >= 0.6 is 0 Å². The number of oxazole rings is 1. The summed E-state index contributed by atoms with van der Waals surface area (Å²) in [7, 11) is -3.12. The Morgan fingerprint density at radius 2 is 2.19 bits per heavy atom. The number of hydrogen-bond acceptors (Lipinski definition) is 5. The number of anilines is 1. The van der Waals surface area contributed by atoms with E-state index in [1.807, 2.05) is 0 Å². The molecule has 0 amide bonds. The highest BCUT2D eigenvalue weighted by molar-refractivity contribution is 7.90. The molecule has 0 fully saturated rings. The summed E-state index contributed by atoms with van der Waals surface area (Å²) in [6.45, 7) is 1.59. The molecule has 5 nitrogen and oxygen atoms in total. The topological polar surface area (TPSA) is 86.2 Å². The fraction of sp³-hybridized carbons (Fsp3) is 0.300. The van der Waals surface area contributed by atoms with Crippen LogP contribution in [-0.4, -0.2) is 19.2 Å². The summed E-state index contributed by atoms with van der Waals surface area (Å²) in [5, 5.41) is 0. The van der Waals surface area contributed by atoms with Crippen LogP contribution in [0.3, 0.4) is 0 Å². The third-order valence-corrected chi connectivity index (χ3v) is 3.81. The molecule has 2 N–H and O–H groups in total. The molecule has 6 heteroatoms. The number of nitrogens with two attached hydrogens (primary N) is 1. The molecule has 0 atom stereocenters. The second-order valence-electron chi connectivity index (χ2n) is 3.51. The molecule has 0 unspecified atom stereocenters. The van der Waals surface area contributed by atoms with Gasteiger partial charge in [0.15, 0.2) is 15.4 Å². The van der Waals surface area contributed by atoms with E-state index in [4.69, 9.17) is 10.2 Å². The van der Waals surface area contributed by atoms with Gasteiger partial charge in [0, 0.05) is 17.5 Å². The molecular formula is C10H12N2O3S. The molecule has 0 saturated heterocycles. The lowest BCUT2D eigenvalue weighted by Crippen LogP contribution is -2.06. The molecule has 0 aliphatic carbocycles. The van der Waals surface area contributed by atoms with E-state index in [-0.39, 0.29) is 17.4 Å². The quantitative estimate of drug-likeness (QED) is 0.818. The first kappa shape index (κ1) is 10.9. The van der Waals surface area contributed by atoms with Crippen molar-refractivity contribution in [2.75, 3.05) is 11.5 Å². The summed E-state index contributed by atoms with van der Waals surface area (Å²) >= 11 is 0. The predicted octanol–water partition coefficient (Wildman–Crippen LogP) is 1.34. The number of rotatable bonds is 3. The van der Waals surface area contributed by atoms with Gasteiger partial charge in [-0.2, -0.15) is 0 Å². The highest BCUT2D eigenvalue weighted by atomic mass is 32.2. The first-order chi connectivity index (χ1) is 7.50. The first-order valence-electron chi connectivity index (χ1n) is 4.85. The van der Waals surface area contributed by atoms with Crippen LogP contribution in [0.1, 0.15) is 12.8 Å². The van der Waals surface area contributed by atoms with Crippen LogP contribution in [0.5, 0.6) is 0 Å². The van der Waals surface area contributed by atoms with E-state index in [1.54, 1.807) is 25.1 Å². The average molecular weight is 240 g/mol. The van der Waals surface area contributed by atoms with Gasteiger partial charge in [-0.1, -0.05) is 6.92 Å². The van der Waals surface area contributed by atoms with Crippen molar-refractivity contribution in [1.82, 2.24) is 4.98 Å². The lowest BCUT2D eigenvalue weighted by atomic mass is 10.3. The van der Waals surface area contributed by atoms with Crippen molar-refractivity contribution in [2.24, 2.45) is 0 Å². The summed E-state index contributed by atoms with van der Waals surface area (Å²) in [6.07, 6.45) is 0. The van der Waals surface area contributed by atoms with E-state index >= 15 is 0 Å². The van der Waals surface area contributed by atoms with E-state index in [1.165, 1.54) is 0 Å². The Labute approximate surface area is 93.2 Å². The van der Waals surface area contributed by atoms with Crippen LogP contribution in [0.4, 0.5) is 5.69 Å². The smallest absolute Gasteiger partial charge is 0.210 e. The molecule has 0 aliphatic heterocycles. The molecule has 0 bridgehead atoms. The Hall–Kier alpha value is -1.56. The van der Waals surface area contributed by atoms with Crippen LogP contribution in [-0.2, 0) is 15.6 Å². The van der Waals surface area contributed by atoms with E-state index in [0.29, 0.717) is 16.8 Å². The average Bonchev–Trinajstić information content (AvgIpc) is 2.58. The first-order valence-corrected chi connectivity index (χ1v) is 6.67. The van der Waals surface area contributed by atoms with Gasteiger partial charge < -0.3 is 10.2 Å². The predicted molar refractivity (Wildman–Crippen MR) is 61.6 cm³/mol. The summed E-state index contributed by atoms with van der Waals surface area (Å²) in [4.78, 5) is 4.09. The fourth-order valence-corrected chi connectivity index (χ4v) is 2.04. The normalized spacial score (nSPS) is 12.1. The second kappa shape index (κ2) is 3.79. The summed E-state index contributed by atoms with van der Waals surface area (Å²) in [5.41, 5.74) is 7.28. The zero-order valence-corrected chi connectivity index (χ0v) is 9.62. The number of sulfone groups is 1. The van der Waals surface area contributed by atoms with Gasteiger partial charge >= 0.3 is 0 Å². The van der Waals surface area contributed by atoms with Crippen LogP contribution < -0.4 is 5.73 Å². The van der Waals surface area contributed by atoms with Crippen LogP contribution in [0, 0.1) is 0 Å². The van der Waals surface area contributed by atoms with Crippen molar-refractivity contribution in [1.29, 1.82) is 0 Å². The lowest BCUT2D eigenvalue weighted by Gasteiger charge is -1.94. The van der Waals surface area contributed by atoms with Gasteiger partial charge in [0.05, 0.1) is 0 Å². The third kappa shape index (κ3) is 2.16. The fourth-order valence-electron chi connectivity index (χ4n) is 1.34. The Morgan fingerprint density at radius 1 is 1.44 bits per heavy atom. The molecule has 0 spiro atoms.